The number of furan rings is 1. The number of amides is 1. The standard InChI is InChI=1S/C25H21BrN2O4/c1-31-17-9-8-14-10-16(7-6-15(14)11-17)25(30)28-27-13-19-23-18-4-2-3-5-21(18)32-22(23)12-20(26)24(19)29/h6-13,29H,2-5H2,1H3,(H,28,30)/b27-13+. The summed E-state index contributed by atoms with van der Waals surface area (Å²) in [5.41, 5.74) is 5.42. The van der Waals surface area contributed by atoms with Gasteiger partial charge in [-0.3, -0.25) is 4.79 Å². The SMILES string of the molecule is COc1ccc2cc(C(=O)N/N=C/c3c(O)c(Br)cc4oc5c(c34)CCCC5)ccc2c1. The minimum atomic E-state index is -0.334. The molecule has 0 saturated heterocycles. The third-order valence-corrected chi connectivity index (χ3v) is 6.48. The van der Waals surface area contributed by atoms with Crippen LogP contribution < -0.4 is 10.2 Å². The van der Waals surface area contributed by atoms with Crippen molar-refractivity contribution >= 4 is 49.8 Å². The van der Waals surface area contributed by atoms with E-state index in [2.05, 4.69) is 26.5 Å². The summed E-state index contributed by atoms with van der Waals surface area (Å²) < 4.78 is 11.8. The molecule has 6 nitrogen and oxygen atoms in total. The van der Waals surface area contributed by atoms with E-state index in [1.54, 1.807) is 25.3 Å². The summed E-state index contributed by atoms with van der Waals surface area (Å²) in [7, 11) is 1.62. The number of carbonyl (C=O) groups excluding carboxylic acids is 1. The fourth-order valence-electron chi connectivity index (χ4n) is 4.25. The summed E-state index contributed by atoms with van der Waals surface area (Å²) in [6.07, 6.45) is 5.45. The number of carbonyl (C=O) groups is 1. The Morgan fingerprint density at radius 1 is 1.16 bits per heavy atom. The molecule has 0 spiro atoms. The number of hydrogen-bond acceptors (Lipinski definition) is 5. The van der Waals surface area contributed by atoms with Gasteiger partial charge in [0, 0.05) is 28.5 Å². The van der Waals surface area contributed by atoms with Gasteiger partial charge in [-0.15, -0.1) is 0 Å². The number of rotatable bonds is 4. The lowest BCUT2D eigenvalue weighted by molar-refractivity contribution is 0.0955. The molecule has 32 heavy (non-hydrogen) atoms. The van der Waals surface area contributed by atoms with Crippen LogP contribution in [0.5, 0.6) is 11.5 Å². The number of nitrogens with one attached hydrogen (secondary N) is 1. The van der Waals surface area contributed by atoms with E-state index >= 15 is 0 Å². The van der Waals surface area contributed by atoms with Crippen LogP contribution in [-0.4, -0.2) is 24.3 Å². The fraction of sp³-hybridized carbons (Fsp3) is 0.200. The van der Waals surface area contributed by atoms with E-state index in [-0.39, 0.29) is 11.7 Å². The van der Waals surface area contributed by atoms with Crippen molar-refractivity contribution < 1.29 is 19.1 Å². The highest BCUT2D eigenvalue weighted by Gasteiger charge is 2.22. The molecule has 7 heteroatoms. The van der Waals surface area contributed by atoms with Gasteiger partial charge in [0.15, 0.2) is 0 Å². The first-order chi connectivity index (χ1) is 15.5. The number of aryl methyl sites for hydroxylation is 2. The highest BCUT2D eigenvalue weighted by Crippen LogP contribution is 2.40. The van der Waals surface area contributed by atoms with Crippen LogP contribution in [0.1, 0.15) is 40.1 Å². The Labute approximate surface area is 193 Å². The first-order valence-corrected chi connectivity index (χ1v) is 11.2. The molecule has 1 aliphatic rings. The third-order valence-electron chi connectivity index (χ3n) is 5.88. The highest BCUT2D eigenvalue weighted by atomic mass is 79.9. The Hall–Kier alpha value is -3.32. The smallest absolute Gasteiger partial charge is 0.271 e. The molecule has 1 aliphatic carbocycles. The van der Waals surface area contributed by atoms with E-state index < -0.39 is 0 Å². The van der Waals surface area contributed by atoms with Crippen molar-refractivity contribution in [1.82, 2.24) is 5.43 Å². The number of halogens is 1. The van der Waals surface area contributed by atoms with Crippen molar-refractivity contribution in [3.63, 3.8) is 0 Å². The average Bonchev–Trinajstić information content (AvgIpc) is 3.18. The fourth-order valence-corrected chi connectivity index (χ4v) is 4.67. The molecule has 0 bridgehead atoms. The summed E-state index contributed by atoms with van der Waals surface area (Å²) >= 11 is 3.38. The molecule has 4 aromatic rings. The minimum absolute atomic E-state index is 0.0734. The predicted molar refractivity (Wildman–Crippen MR) is 128 cm³/mol. The molecule has 0 radical (unpaired) electrons. The van der Waals surface area contributed by atoms with Crippen LogP contribution in [0, 0.1) is 0 Å². The van der Waals surface area contributed by atoms with Crippen molar-refractivity contribution in [2.45, 2.75) is 25.7 Å². The van der Waals surface area contributed by atoms with Crippen LogP contribution in [0.4, 0.5) is 0 Å². The molecule has 1 heterocycles. The molecule has 0 saturated carbocycles. The monoisotopic (exact) mass is 492 g/mol. The van der Waals surface area contributed by atoms with Crippen LogP contribution >= 0.6 is 15.9 Å². The number of methoxy groups -OCH3 is 1. The maximum Gasteiger partial charge on any atom is 0.271 e. The van der Waals surface area contributed by atoms with Crippen LogP contribution in [0.25, 0.3) is 21.7 Å². The number of benzene rings is 3. The van der Waals surface area contributed by atoms with Crippen molar-refractivity contribution in [3.05, 3.63) is 69.4 Å². The molecule has 0 unspecified atom stereocenters. The molecule has 0 aliphatic heterocycles. The van der Waals surface area contributed by atoms with E-state index in [1.807, 2.05) is 24.3 Å². The quantitative estimate of drug-likeness (QED) is 0.282. The summed E-state index contributed by atoms with van der Waals surface area (Å²) in [5, 5.41) is 17.6. The van der Waals surface area contributed by atoms with Gasteiger partial charge < -0.3 is 14.3 Å². The normalized spacial score (nSPS) is 13.6. The van der Waals surface area contributed by atoms with Gasteiger partial charge in [0.05, 0.1) is 17.8 Å². The second-order valence-electron chi connectivity index (χ2n) is 7.83. The van der Waals surface area contributed by atoms with Crippen LogP contribution in [0.15, 0.2) is 56.5 Å². The van der Waals surface area contributed by atoms with Gasteiger partial charge in [-0.2, -0.15) is 5.10 Å². The topological polar surface area (TPSA) is 84.1 Å². The number of ether oxygens (including phenoxy) is 1. The number of aromatic hydroxyl groups is 1. The highest BCUT2D eigenvalue weighted by molar-refractivity contribution is 9.10. The first kappa shape index (κ1) is 20.6. The zero-order valence-corrected chi connectivity index (χ0v) is 19.0. The Morgan fingerprint density at radius 2 is 1.94 bits per heavy atom. The van der Waals surface area contributed by atoms with E-state index in [1.165, 1.54) is 6.21 Å². The minimum Gasteiger partial charge on any atom is -0.506 e. The number of hydrogen-bond donors (Lipinski definition) is 2. The Kier molecular flexibility index (Phi) is 5.35. The first-order valence-electron chi connectivity index (χ1n) is 10.4. The number of fused-ring (bicyclic) bond motifs is 4. The second kappa shape index (κ2) is 8.31. The van der Waals surface area contributed by atoms with Gasteiger partial charge in [-0.1, -0.05) is 12.1 Å². The lowest BCUT2D eigenvalue weighted by atomic mass is 9.94. The Morgan fingerprint density at radius 3 is 2.78 bits per heavy atom. The lowest BCUT2D eigenvalue weighted by Crippen LogP contribution is -2.17. The molecule has 3 aromatic carbocycles. The summed E-state index contributed by atoms with van der Waals surface area (Å²) in [4.78, 5) is 12.7. The van der Waals surface area contributed by atoms with Crippen molar-refractivity contribution in [2.75, 3.05) is 7.11 Å². The molecule has 5 rings (SSSR count). The van der Waals surface area contributed by atoms with Crippen LogP contribution in [0.3, 0.4) is 0 Å². The van der Waals surface area contributed by atoms with Crippen LogP contribution in [-0.2, 0) is 12.8 Å². The zero-order chi connectivity index (χ0) is 22.2. The van der Waals surface area contributed by atoms with Gasteiger partial charge in [-0.25, -0.2) is 5.43 Å². The molecule has 0 atom stereocenters. The Balaban J connectivity index is 1.43. The molecule has 2 N–H and O–H groups in total. The predicted octanol–water partition coefficient (Wildman–Crippen LogP) is 5.71. The Bertz CT molecular complexity index is 1390. The number of hydrazone groups is 1. The number of phenolic OH excluding ortho intramolecular Hbond substituents is 1. The average molecular weight is 493 g/mol. The molecule has 0 fully saturated rings. The van der Waals surface area contributed by atoms with E-state index in [0.29, 0.717) is 21.2 Å². The van der Waals surface area contributed by atoms with Gasteiger partial charge >= 0.3 is 0 Å². The second-order valence-corrected chi connectivity index (χ2v) is 8.69. The third kappa shape index (κ3) is 3.62. The zero-order valence-electron chi connectivity index (χ0n) is 17.4. The van der Waals surface area contributed by atoms with Crippen molar-refractivity contribution in [2.24, 2.45) is 5.10 Å². The van der Waals surface area contributed by atoms with Gasteiger partial charge in [0.1, 0.15) is 22.8 Å². The lowest BCUT2D eigenvalue weighted by Gasteiger charge is -2.10. The van der Waals surface area contributed by atoms with Gasteiger partial charge in [-0.05, 0) is 76.3 Å². The van der Waals surface area contributed by atoms with Gasteiger partial charge in [0.2, 0.25) is 0 Å². The molecule has 162 valence electrons. The van der Waals surface area contributed by atoms with Crippen molar-refractivity contribution in [1.29, 1.82) is 0 Å². The summed E-state index contributed by atoms with van der Waals surface area (Å²) in [5.74, 6) is 1.47. The number of nitrogens with zero attached hydrogens (tertiary/aromatic N) is 1. The maximum absolute atomic E-state index is 12.7. The van der Waals surface area contributed by atoms with E-state index in [0.717, 1.165) is 58.9 Å². The number of phenols is 1. The molecular weight excluding hydrogens is 472 g/mol. The summed E-state index contributed by atoms with van der Waals surface area (Å²) in [6.45, 7) is 0. The summed E-state index contributed by atoms with van der Waals surface area (Å²) in [6, 6.07) is 12.9. The molecule has 1 amide bonds. The van der Waals surface area contributed by atoms with Crippen molar-refractivity contribution in [3.8, 4) is 11.5 Å². The van der Waals surface area contributed by atoms with Gasteiger partial charge in [0.25, 0.3) is 5.91 Å². The largest absolute Gasteiger partial charge is 0.506 e. The van der Waals surface area contributed by atoms with E-state index in [9.17, 15) is 9.90 Å². The molecular formula is C25H21BrN2O4. The van der Waals surface area contributed by atoms with Crippen LogP contribution in [0.2, 0.25) is 0 Å². The van der Waals surface area contributed by atoms with E-state index in [4.69, 9.17) is 9.15 Å². The molecule has 1 aromatic heterocycles. The maximum atomic E-state index is 12.7.